The van der Waals surface area contributed by atoms with E-state index < -0.39 is 11.8 Å². The summed E-state index contributed by atoms with van der Waals surface area (Å²) in [5, 5.41) is 9.15. The average molecular weight is 258 g/mol. The lowest BCUT2D eigenvalue weighted by Crippen LogP contribution is -2.03. The van der Waals surface area contributed by atoms with Gasteiger partial charge in [-0.25, -0.2) is 9.18 Å². The zero-order chi connectivity index (χ0) is 14.0. The van der Waals surface area contributed by atoms with Crippen LogP contribution in [0.4, 0.5) is 4.39 Å². The summed E-state index contributed by atoms with van der Waals surface area (Å²) < 4.78 is 13.4. The molecular weight excluding hydrogens is 247 g/mol. The Morgan fingerprint density at radius 2 is 1.68 bits per heavy atom. The van der Waals surface area contributed by atoms with Crippen molar-refractivity contribution in [2.75, 3.05) is 0 Å². The third kappa shape index (κ3) is 2.52. The summed E-state index contributed by atoms with van der Waals surface area (Å²) in [4.78, 5) is 22.7. The molecule has 96 valence electrons. The van der Waals surface area contributed by atoms with E-state index in [0.29, 0.717) is 16.7 Å². The fourth-order valence-electron chi connectivity index (χ4n) is 1.95. The number of carbonyl (C=O) groups excluding carboxylic acids is 1. The highest BCUT2D eigenvalue weighted by atomic mass is 19.1. The maximum atomic E-state index is 13.4. The molecule has 0 saturated carbocycles. The van der Waals surface area contributed by atoms with Crippen LogP contribution in [0.1, 0.15) is 27.6 Å². The van der Waals surface area contributed by atoms with Gasteiger partial charge in [-0.1, -0.05) is 18.2 Å². The Hall–Kier alpha value is -2.49. The number of carboxylic acid groups (broad SMARTS) is 1. The van der Waals surface area contributed by atoms with Crippen LogP contribution in [0.3, 0.4) is 0 Å². The van der Waals surface area contributed by atoms with Crippen LogP contribution < -0.4 is 0 Å². The van der Waals surface area contributed by atoms with Gasteiger partial charge in [0.25, 0.3) is 0 Å². The molecule has 0 amide bonds. The molecule has 2 aromatic carbocycles. The van der Waals surface area contributed by atoms with Crippen molar-refractivity contribution in [2.24, 2.45) is 0 Å². The van der Waals surface area contributed by atoms with E-state index in [2.05, 4.69) is 0 Å². The highest BCUT2D eigenvalue weighted by Gasteiger charge is 2.16. The molecule has 0 radical (unpaired) electrons. The molecule has 0 fully saturated rings. The van der Waals surface area contributed by atoms with E-state index in [9.17, 15) is 14.0 Å². The molecule has 0 aliphatic rings. The number of halogens is 1. The minimum atomic E-state index is -1.12. The van der Waals surface area contributed by atoms with Crippen molar-refractivity contribution in [2.45, 2.75) is 6.92 Å². The van der Waals surface area contributed by atoms with Gasteiger partial charge in [0.15, 0.2) is 5.78 Å². The summed E-state index contributed by atoms with van der Waals surface area (Å²) >= 11 is 0. The van der Waals surface area contributed by atoms with E-state index in [1.807, 2.05) is 0 Å². The second-order valence-electron chi connectivity index (χ2n) is 4.10. The van der Waals surface area contributed by atoms with E-state index >= 15 is 0 Å². The molecule has 2 rings (SSSR count). The molecule has 0 aliphatic heterocycles. The van der Waals surface area contributed by atoms with Crippen LogP contribution >= 0.6 is 0 Å². The van der Waals surface area contributed by atoms with Gasteiger partial charge in [0.05, 0.1) is 5.56 Å². The molecule has 0 bridgehead atoms. The Morgan fingerprint density at radius 3 is 2.32 bits per heavy atom. The van der Waals surface area contributed by atoms with Gasteiger partial charge in [0.2, 0.25) is 0 Å². The normalized spacial score (nSPS) is 10.2. The summed E-state index contributed by atoms with van der Waals surface area (Å²) in [5.41, 5.74) is 0.968. The molecular formula is C15H11FO3. The minimum Gasteiger partial charge on any atom is -0.478 e. The van der Waals surface area contributed by atoms with E-state index in [-0.39, 0.29) is 11.3 Å². The number of carboxylic acids is 1. The zero-order valence-electron chi connectivity index (χ0n) is 10.2. The molecule has 2 aromatic rings. The van der Waals surface area contributed by atoms with Gasteiger partial charge in [0.1, 0.15) is 5.82 Å². The Morgan fingerprint density at radius 1 is 1.00 bits per heavy atom. The van der Waals surface area contributed by atoms with Gasteiger partial charge in [0, 0.05) is 5.56 Å². The van der Waals surface area contributed by atoms with Gasteiger partial charge in [-0.05, 0) is 42.3 Å². The first-order valence-corrected chi connectivity index (χ1v) is 5.64. The van der Waals surface area contributed by atoms with Gasteiger partial charge in [-0.15, -0.1) is 0 Å². The molecule has 0 aliphatic carbocycles. The summed E-state index contributed by atoms with van der Waals surface area (Å²) in [6.07, 6.45) is 0. The Kier molecular flexibility index (Phi) is 3.42. The van der Waals surface area contributed by atoms with Crippen molar-refractivity contribution in [3.8, 4) is 11.1 Å². The third-order valence-electron chi connectivity index (χ3n) is 2.81. The lowest BCUT2D eigenvalue weighted by molar-refractivity contribution is 0.0697. The van der Waals surface area contributed by atoms with Crippen LogP contribution in [-0.2, 0) is 0 Å². The molecule has 0 unspecified atom stereocenters. The lowest BCUT2D eigenvalue weighted by Gasteiger charge is -2.10. The molecule has 0 heterocycles. The smallest absolute Gasteiger partial charge is 0.336 e. The first kappa shape index (κ1) is 13.0. The van der Waals surface area contributed by atoms with Gasteiger partial charge in [-0.2, -0.15) is 0 Å². The number of ketones is 1. The fraction of sp³-hybridized carbons (Fsp3) is 0.0667. The van der Waals surface area contributed by atoms with Crippen LogP contribution in [-0.4, -0.2) is 16.9 Å². The molecule has 0 saturated heterocycles. The standard InChI is InChI=1S/C15H11FO3/c1-9(17)11-7-6-10(16)8-14(11)12-4-2-3-5-13(12)15(18)19/h2-8H,1H3,(H,18,19). The quantitative estimate of drug-likeness (QED) is 0.858. The van der Waals surface area contributed by atoms with Crippen LogP contribution in [0.25, 0.3) is 11.1 Å². The molecule has 0 atom stereocenters. The Labute approximate surface area is 109 Å². The number of aromatic carboxylic acids is 1. The van der Waals surface area contributed by atoms with Crippen LogP contribution in [0, 0.1) is 5.82 Å². The second-order valence-corrected chi connectivity index (χ2v) is 4.10. The first-order chi connectivity index (χ1) is 9.00. The number of rotatable bonds is 3. The Bertz CT molecular complexity index is 662. The van der Waals surface area contributed by atoms with Crippen LogP contribution in [0.2, 0.25) is 0 Å². The van der Waals surface area contributed by atoms with Gasteiger partial charge < -0.3 is 5.11 Å². The highest BCUT2D eigenvalue weighted by molar-refractivity contribution is 6.04. The van der Waals surface area contributed by atoms with Gasteiger partial charge >= 0.3 is 5.97 Å². The van der Waals surface area contributed by atoms with E-state index in [0.717, 1.165) is 0 Å². The Balaban J connectivity index is 2.75. The summed E-state index contributed by atoms with van der Waals surface area (Å²) in [7, 11) is 0. The maximum Gasteiger partial charge on any atom is 0.336 e. The summed E-state index contributed by atoms with van der Waals surface area (Å²) in [6, 6.07) is 9.95. The van der Waals surface area contributed by atoms with Crippen LogP contribution in [0.15, 0.2) is 42.5 Å². The van der Waals surface area contributed by atoms with Crippen molar-refractivity contribution in [3.63, 3.8) is 0 Å². The summed E-state index contributed by atoms with van der Waals surface area (Å²) in [5.74, 6) is -1.87. The van der Waals surface area contributed by atoms with Crippen molar-refractivity contribution < 1.29 is 19.1 Å². The monoisotopic (exact) mass is 258 g/mol. The molecule has 3 nitrogen and oxygen atoms in total. The number of Topliss-reactive ketones (excluding diaryl/α,β-unsaturated/α-hetero) is 1. The first-order valence-electron chi connectivity index (χ1n) is 5.64. The van der Waals surface area contributed by atoms with Crippen molar-refractivity contribution in [3.05, 3.63) is 59.4 Å². The number of hydrogen-bond acceptors (Lipinski definition) is 2. The molecule has 4 heteroatoms. The number of carbonyl (C=O) groups is 2. The second kappa shape index (κ2) is 5.02. The predicted octanol–water partition coefficient (Wildman–Crippen LogP) is 3.39. The lowest BCUT2D eigenvalue weighted by atomic mass is 9.94. The number of benzene rings is 2. The topological polar surface area (TPSA) is 54.4 Å². The van der Waals surface area contributed by atoms with Gasteiger partial charge in [-0.3, -0.25) is 4.79 Å². The van der Waals surface area contributed by atoms with Crippen molar-refractivity contribution in [1.82, 2.24) is 0 Å². The average Bonchev–Trinajstić information content (AvgIpc) is 2.38. The van der Waals surface area contributed by atoms with Crippen molar-refractivity contribution >= 4 is 11.8 Å². The fourth-order valence-corrected chi connectivity index (χ4v) is 1.95. The van der Waals surface area contributed by atoms with Crippen molar-refractivity contribution in [1.29, 1.82) is 0 Å². The van der Waals surface area contributed by atoms with Crippen LogP contribution in [0.5, 0.6) is 0 Å². The minimum absolute atomic E-state index is 0.0376. The SMILES string of the molecule is CC(=O)c1ccc(F)cc1-c1ccccc1C(=O)O. The largest absolute Gasteiger partial charge is 0.478 e. The van der Waals surface area contributed by atoms with E-state index in [1.54, 1.807) is 18.2 Å². The molecule has 0 aromatic heterocycles. The predicted molar refractivity (Wildman–Crippen MR) is 68.8 cm³/mol. The third-order valence-corrected chi connectivity index (χ3v) is 2.81. The maximum absolute atomic E-state index is 13.4. The summed E-state index contributed by atoms with van der Waals surface area (Å²) in [6.45, 7) is 1.36. The molecule has 1 N–H and O–H groups in total. The highest BCUT2D eigenvalue weighted by Crippen LogP contribution is 2.28. The van der Waals surface area contributed by atoms with E-state index in [1.165, 1.54) is 31.2 Å². The number of hydrogen-bond donors (Lipinski definition) is 1. The molecule has 0 spiro atoms. The zero-order valence-corrected chi connectivity index (χ0v) is 10.2. The van der Waals surface area contributed by atoms with E-state index in [4.69, 9.17) is 5.11 Å². The molecule has 19 heavy (non-hydrogen) atoms.